The zero-order chi connectivity index (χ0) is 18.8. The Kier molecular flexibility index (Phi) is 4.83. The van der Waals surface area contributed by atoms with Crippen LogP contribution >= 0.6 is 23.2 Å². The Morgan fingerprint density at radius 2 is 1.62 bits per heavy atom. The van der Waals surface area contributed by atoms with Crippen LogP contribution in [0, 0.1) is 0 Å². The summed E-state index contributed by atoms with van der Waals surface area (Å²) in [5.74, 6) is -0.731. The summed E-state index contributed by atoms with van der Waals surface area (Å²) in [5.41, 5.74) is 12.9. The van der Waals surface area contributed by atoms with Gasteiger partial charge in [-0.25, -0.2) is 9.48 Å². The van der Waals surface area contributed by atoms with Crippen molar-refractivity contribution < 1.29 is 9.59 Å². The van der Waals surface area contributed by atoms with Crippen molar-refractivity contribution in [3.05, 3.63) is 64.3 Å². The number of nitrogens with two attached hydrogens (primary N) is 2. The molecule has 9 heteroatoms. The fraction of sp³-hybridized carbons (Fsp3) is 0. The van der Waals surface area contributed by atoms with Crippen molar-refractivity contribution in [2.45, 2.75) is 0 Å². The van der Waals surface area contributed by atoms with Gasteiger partial charge in [0.1, 0.15) is 5.56 Å². The Morgan fingerprint density at radius 3 is 2.19 bits per heavy atom. The van der Waals surface area contributed by atoms with Crippen molar-refractivity contribution >= 4 is 41.0 Å². The van der Waals surface area contributed by atoms with Gasteiger partial charge in [0.15, 0.2) is 5.82 Å². The van der Waals surface area contributed by atoms with Crippen LogP contribution in [0.2, 0.25) is 10.0 Å². The number of halogens is 2. The predicted molar refractivity (Wildman–Crippen MR) is 101 cm³/mol. The second-order valence-electron chi connectivity index (χ2n) is 5.37. The number of nitrogens with one attached hydrogen (secondary N) is 1. The van der Waals surface area contributed by atoms with E-state index >= 15 is 0 Å². The summed E-state index contributed by atoms with van der Waals surface area (Å²) in [4.78, 5) is 22.5. The Balaban J connectivity index is 1.94. The van der Waals surface area contributed by atoms with Gasteiger partial charge in [0.05, 0.1) is 15.7 Å². The van der Waals surface area contributed by atoms with Gasteiger partial charge >= 0.3 is 6.03 Å². The van der Waals surface area contributed by atoms with E-state index in [2.05, 4.69) is 10.4 Å². The molecule has 0 saturated carbocycles. The summed E-state index contributed by atoms with van der Waals surface area (Å²) in [6, 6.07) is 11.8. The first-order valence-electron chi connectivity index (χ1n) is 7.37. The summed E-state index contributed by atoms with van der Waals surface area (Å²) in [5, 5.41) is 7.36. The van der Waals surface area contributed by atoms with Crippen LogP contribution in [0.3, 0.4) is 0 Å². The van der Waals surface area contributed by atoms with E-state index in [1.807, 2.05) is 18.2 Å². The van der Waals surface area contributed by atoms with Gasteiger partial charge in [0.25, 0.3) is 5.91 Å². The zero-order valence-corrected chi connectivity index (χ0v) is 14.8. The highest BCUT2D eigenvalue weighted by atomic mass is 35.5. The number of rotatable bonds is 4. The molecule has 0 unspecified atom stereocenters. The molecule has 132 valence electrons. The van der Waals surface area contributed by atoms with Gasteiger partial charge in [0, 0.05) is 6.20 Å². The molecule has 0 aliphatic heterocycles. The first kappa shape index (κ1) is 17.8. The fourth-order valence-electron chi connectivity index (χ4n) is 2.38. The lowest BCUT2D eigenvalue weighted by molar-refractivity contribution is 0.100. The van der Waals surface area contributed by atoms with E-state index in [1.165, 1.54) is 10.9 Å². The lowest BCUT2D eigenvalue weighted by Gasteiger charge is -2.06. The standard InChI is InChI=1S/C17H13Cl2N5O2/c18-13-6-3-10(7-14(13)19)9-1-4-11(5-2-9)24-8-12(15(20)25)16(23-24)22-17(21)26/h1-8H,(H2,20,25)(H3,21,22,23,26). The van der Waals surface area contributed by atoms with E-state index in [0.717, 1.165) is 11.1 Å². The van der Waals surface area contributed by atoms with Gasteiger partial charge in [-0.15, -0.1) is 5.10 Å². The smallest absolute Gasteiger partial charge is 0.317 e. The van der Waals surface area contributed by atoms with Crippen molar-refractivity contribution in [1.82, 2.24) is 9.78 Å². The number of carbonyl (C=O) groups is 2. The molecule has 0 spiro atoms. The van der Waals surface area contributed by atoms with Crippen LogP contribution in [-0.2, 0) is 0 Å². The first-order chi connectivity index (χ1) is 12.3. The quantitative estimate of drug-likeness (QED) is 0.634. The van der Waals surface area contributed by atoms with E-state index in [4.69, 9.17) is 34.7 Å². The maximum absolute atomic E-state index is 11.5. The van der Waals surface area contributed by atoms with Crippen molar-refractivity contribution in [1.29, 1.82) is 0 Å². The highest BCUT2D eigenvalue weighted by Gasteiger charge is 2.16. The molecule has 0 saturated heterocycles. The predicted octanol–water partition coefficient (Wildman–Crippen LogP) is 3.44. The van der Waals surface area contributed by atoms with Crippen LogP contribution in [0.5, 0.6) is 0 Å². The molecular formula is C17H13Cl2N5O2. The van der Waals surface area contributed by atoms with Crippen LogP contribution in [0.1, 0.15) is 10.4 Å². The Hall–Kier alpha value is -3.03. The van der Waals surface area contributed by atoms with Crippen molar-refractivity contribution in [2.75, 3.05) is 5.32 Å². The van der Waals surface area contributed by atoms with Gasteiger partial charge in [-0.05, 0) is 35.4 Å². The molecule has 2 aromatic carbocycles. The lowest BCUT2D eigenvalue weighted by Crippen LogP contribution is -2.22. The number of urea groups is 1. The molecule has 0 atom stereocenters. The molecule has 0 bridgehead atoms. The third kappa shape index (κ3) is 3.63. The van der Waals surface area contributed by atoms with Crippen LogP contribution in [0.25, 0.3) is 16.8 Å². The zero-order valence-electron chi connectivity index (χ0n) is 13.2. The molecule has 1 aromatic heterocycles. The second kappa shape index (κ2) is 7.07. The van der Waals surface area contributed by atoms with Gasteiger partial charge in [-0.3, -0.25) is 10.1 Å². The molecular weight excluding hydrogens is 377 g/mol. The molecule has 3 rings (SSSR count). The summed E-state index contributed by atoms with van der Waals surface area (Å²) >= 11 is 12.0. The molecule has 7 nitrogen and oxygen atoms in total. The molecule has 0 aliphatic carbocycles. The molecule has 3 aromatic rings. The van der Waals surface area contributed by atoms with E-state index in [-0.39, 0.29) is 11.4 Å². The number of aromatic nitrogens is 2. The summed E-state index contributed by atoms with van der Waals surface area (Å²) < 4.78 is 1.42. The largest absolute Gasteiger partial charge is 0.365 e. The van der Waals surface area contributed by atoms with Crippen molar-refractivity contribution in [3.8, 4) is 16.8 Å². The van der Waals surface area contributed by atoms with Crippen molar-refractivity contribution in [2.24, 2.45) is 11.5 Å². The maximum atomic E-state index is 11.5. The average molecular weight is 390 g/mol. The number of nitrogens with zero attached hydrogens (tertiary/aromatic N) is 2. The van der Waals surface area contributed by atoms with Crippen LogP contribution in [-0.4, -0.2) is 21.7 Å². The summed E-state index contributed by atoms with van der Waals surface area (Å²) in [6.07, 6.45) is 1.42. The van der Waals surface area contributed by atoms with Crippen LogP contribution in [0.15, 0.2) is 48.7 Å². The highest BCUT2D eigenvalue weighted by molar-refractivity contribution is 6.42. The highest BCUT2D eigenvalue weighted by Crippen LogP contribution is 2.29. The number of hydrogen-bond donors (Lipinski definition) is 3. The van der Waals surface area contributed by atoms with Gasteiger partial charge in [0.2, 0.25) is 0 Å². The number of primary amides is 2. The minimum atomic E-state index is -0.840. The van der Waals surface area contributed by atoms with Crippen LogP contribution in [0.4, 0.5) is 10.6 Å². The SMILES string of the molecule is NC(=O)Nc1nn(-c2ccc(-c3ccc(Cl)c(Cl)c3)cc2)cc1C(N)=O. The van der Waals surface area contributed by atoms with E-state index in [9.17, 15) is 9.59 Å². The van der Waals surface area contributed by atoms with Gasteiger partial charge < -0.3 is 11.5 Å². The minimum absolute atomic E-state index is 0.00133. The molecule has 0 fully saturated rings. The monoisotopic (exact) mass is 389 g/mol. The molecule has 3 amide bonds. The number of anilines is 1. The summed E-state index contributed by atoms with van der Waals surface area (Å²) in [6.45, 7) is 0. The molecule has 1 heterocycles. The van der Waals surface area contributed by atoms with E-state index < -0.39 is 11.9 Å². The number of amides is 3. The van der Waals surface area contributed by atoms with Gasteiger partial charge in [-0.1, -0.05) is 41.4 Å². The molecule has 0 aliphatic rings. The summed E-state index contributed by atoms with van der Waals surface area (Å²) in [7, 11) is 0. The van der Waals surface area contributed by atoms with E-state index in [1.54, 1.807) is 24.3 Å². The van der Waals surface area contributed by atoms with E-state index in [0.29, 0.717) is 15.7 Å². The third-order valence-electron chi connectivity index (χ3n) is 3.61. The average Bonchev–Trinajstić information content (AvgIpc) is 3.01. The topological polar surface area (TPSA) is 116 Å². The first-order valence-corrected chi connectivity index (χ1v) is 8.12. The Labute approximate surface area is 158 Å². The van der Waals surface area contributed by atoms with Gasteiger partial charge in [-0.2, -0.15) is 0 Å². The van der Waals surface area contributed by atoms with Crippen LogP contribution < -0.4 is 16.8 Å². The third-order valence-corrected chi connectivity index (χ3v) is 4.35. The second-order valence-corrected chi connectivity index (χ2v) is 6.18. The number of carbonyl (C=O) groups excluding carboxylic acids is 2. The normalized spacial score (nSPS) is 10.5. The maximum Gasteiger partial charge on any atom is 0.317 e. The number of hydrogen-bond acceptors (Lipinski definition) is 3. The molecule has 26 heavy (non-hydrogen) atoms. The molecule has 0 radical (unpaired) electrons. The molecule has 5 N–H and O–H groups in total. The Morgan fingerprint density at radius 1 is 0.962 bits per heavy atom. The Bertz CT molecular complexity index is 999. The number of benzene rings is 2. The minimum Gasteiger partial charge on any atom is -0.365 e. The lowest BCUT2D eigenvalue weighted by atomic mass is 10.1. The van der Waals surface area contributed by atoms with Crippen molar-refractivity contribution in [3.63, 3.8) is 0 Å². The fourth-order valence-corrected chi connectivity index (χ4v) is 2.68.